The molecule has 0 aliphatic carbocycles. The number of amides is 1. The van der Waals surface area contributed by atoms with E-state index in [1.54, 1.807) is 16.8 Å². The zero-order chi connectivity index (χ0) is 14.5. The van der Waals surface area contributed by atoms with Crippen molar-refractivity contribution in [2.45, 2.75) is 19.6 Å². The number of carbonyl (C=O) groups is 1. The van der Waals surface area contributed by atoms with Crippen LogP contribution < -0.4 is 5.32 Å². The number of carbonyl (C=O) groups excluding carboxylic acids is 1. The lowest BCUT2D eigenvalue weighted by atomic mass is 10.2. The molecule has 0 aliphatic rings. The molecule has 20 heavy (non-hydrogen) atoms. The zero-order valence-electron chi connectivity index (χ0n) is 11.5. The second-order valence-electron chi connectivity index (χ2n) is 4.43. The standard InChI is InChI=1S/C13H18N4O3/c1-3-17-12-5-4-9(6-11(12)15-16-17)13(19)14-7-10(18)8-20-2/h4-6,10,18H,3,7-8H2,1-2H3,(H,14,19). The Kier molecular flexibility index (Phi) is 4.65. The molecule has 7 heteroatoms. The number of aliphatic hydroxyl groups excluding tert-OH is 1. The van der Waals surface area contributed by atoms with E-state index in [2.05, 4.69) is 15.6 Å². The largest absolute Gasteiger partial charge is 0.389 e. The van der Waals surface area contributed by atoms with Crippen molar-refractivity contribution < 1.29 is 14.6 Å². The number of rotatable bonds is 6. The van der Waals surface area contributed by atoms with Crippen LogP contribution in [0.4, 0.5) is 0 Å². The number of nitrogens with zero attached hydrogens (tertiary/aromatic N) is 3. The summed E-state index contributed by atoms with van der Waals surface area (Å²) in [5.74, 6) is -0.256. The first kappa shape index (κ1) is 14.4. The number of ether oxygens (including phenoxy) is 1. The van der Waals surface area contributed by atoms with E-state index in [1.165, 1.54) is 7.11 Å². The van der Waals surface area contributed by atoms with Crippen LogP contribution in [0.1, 0.15) is 17.3 Å². The molecule has 0 spiro atoms. The topological polar surface area (TPSA) is 89.3 Å². The van der Waals surface area contributed by atoms with Gasteiger partial charge in [0.15, 0.2) is 0 Å². The molecule has 108 valence electrons. The molecule has 1 amide bonds. The van der Waals surface area contributed by atoms with Crippen molar-refractivity contribution in [2.75, 3.05) is 20.3 Å². The summed E-state index contributed by atoms with van der Waals surface area (Å²) in [5.41, 5.74) is 2.06. The minimum absolute atomic E-state index is 0.145. The highest BCUT2D eigenvalue weighted by Gasteiger charge is 2.11. The Morgan fingerprint density at radius 3 is 3.05 bits per heavy atom. The van der Waals surface area contributed by atoms with Gasteiger partial charge in [-0.3, -0.25) is 4.79 Å². The number of aryl methyl sites for hydroxylation is 1. The van der Waals surface area contributed by atoms with E-state index < -0.39 is 6.10 Å². The first-order chi connectivity index (χ1) is 9.65. The molecule has 1 unspecified atom stereocenters. The normalized spacial score (nSPS) is 12.6. The summed E-state index contributed by atoms with van der Waals surface area (Å²) in [6.07, 6.45) is -0.714. The molecule has 2 aromatic rings. The second-order valence-corrected chi connectivity index (χ2v) is 4.43. The fourth-order valence-corrected chi connectivity index (χ4v) is 1.91. The monoisotopic (exact) mass is 278 g/mol. The van der Waals surface area contributed by atoms with Crippen LogP contribution in [-0.2, 0) is 11.3 Å². The molecule has 2 N–H and O–H groups in total. The van der Waals surface area contributed by atoms with E-state index in [9.17, 15) is 9.90 Å². The van der Waals surface area contributed by atoms with Crippen LogP contribution in [0, 0.1) is 0 Å². The third kappa shape index (κ3) is 3.12. The van der Waals surface area contributed by atoms with Crippen LogP contribution in [0.2, 0.25) is 0 Å². The highest BCUT2D eigenvalue weighted by molar-refractivity contribution is 5.97. The zero-order valence-corrected chi connectivity index (χ0v) is 11.5. The summed E-state index contributed by atoms with van der Waals surface area (Å²) in [6.45, 7) is 3.04. The number of fused-ring (bicyclic) bond motifs is 1. The van der Waals surface area contributed by atoms with Gasteiger partial charge >= 0.3 is 0 Å². The van der Waals surface area contributed by atoms with Gasteiger partial charge in [-0.15, -0.1) is 5.10 Å². The second kappa shape index (κ2) is 6.44. The van der Waals surface area contributed by atoms with Crippen molar-refractivity contribution in [2.24, 2.45) is 0 Å². The van der Waals surface area contributed by atoms with E-state index >= 15 is 0 Å². The summed E-state index contributed by atoms with van der Waals surface area (Å²) >= 11 is 0. The van der Waals surface area contributed by atoms with Gasteiger partial charge in [-0.05, 0) is 25.1 Å². The van der Waals surface area contributed by atoms with Crippen LogP contribution in [0.5, 0.6) is 0 Å². The summed E-state index contributed by atoms with van der Waals surface area (Å²) in [6, 6.07) is 5.22. The molecule has 2 rings (SSSR count). The smallest absolute Gasteiger partial charge is 0.251 e. The maximum Gasteiger partial charge on any atom is 0.251 e. The Morgan fingerprint density at radius 1 is 1.55 bits per heavy atom. The molecular formula is C13H18N4O3. The van der Waals surface area contributed by atoms with Gasteiger partial charge in [-0.1, -0.05) is 5.21 Å². The molecule has 0 radical (unpaired) electrons. The SMILES string of the molecule is CCn1nnc2cc(C(=O)NCC(O)COC)ccc21. The van der Waals surface area contributed by atoms with E-state index in [0.717, 1.165) is 12.1 Å². The Balaban J connectivity index is 2.07. The number of aromatic nitrogens is 3. The number of benzene rings is 1. The van der Waals surface area contributed by atoms with Crippen LogP contribution in [-0.4, -0.2) is 52.4 Å². The van der Waals surface area contributed by atoms with Gasteiger partial charge in [-0.25, -0.2) is 4.68 Å². The van der Waals surface area contributed by atoms with Crippen LogP contribution in [0.3, 0.4) is 0 Å². The van der Waals surface area contributed by atoms with Crippen LogP contribution in [0.25, 0.3) is 11.0 Å². The number of aliphatic hydroxyl groups is 1. The Morgan fingerprint density at radius 2 is 2.35 bits per heavy atom. The maximum absolute atomic E-state index is 12.0. The lowest BCUT2D eigenvalue weighted by Gasteiger charge is -2.10. The molecule has 0 bridgehead atoms. The third-order valence-corrected chi connectivity index (χ3v) is 2.93. The van der Waals surface area contributed by atoms with Crippen molar-refractivity contribution in [3.05, 3.63) is 23.8 Å². The van der Waals surface area contributed by atoms with E-state index in [0.29, 0.717) is 11.1 Å². The average Bonchev–Trinajstić information content (AvgIpc) is 2.87. The molecule has 0 fully saturated rings. The predicted octanol–water partition coefficient (Wildman–Crippen LogP) is 0.188. The molecule has 0 saturated heterocycles. The molecular weight excluding hydrogens is 260 g/mol. The first-order valence-corrected chi connectivity index (χ1v) is 6.44. The fraction of sp³-hybridized carbons (Fsp3) is 0.462. The van der Waals surface area contributed by atoms with Gasteiger partial charge in [0, 0.05) is 25.8 Å². The highest BCUT2D eigenvalue weighted by atomic mass is 16.5. The van der Waals surface area contributed by atoms with Gasteiger partial charge in [0.25, 0.3) is 5.91 Å². The van der Waals surface area contributed by atoms with Crippen molar-refractivity contribution in [1.82, 2.24) is 20.3 Å². The van der Waals surface area contributed by atoms with Gasteiger partial charge < -0.3 is 15.2 Å². The molecule has 1 atom stereocenters. The lowest BCUT2D eigenvalue weighted by Crippen LogP contribution is -2.34. The summed E-state index contributed by atoms with van der Waals surface area (Å²) < 4.78 is 6.56. The van der Waals surface area contributed by atoms with Crippen molar-refractivity contribution in [3.63, 3.8) is 0 Å². The van der Waals surface area contributed by atoms with E-state index in [-0.39, 0.29) is 19.1 Å². The molecule has 0 saturated carbocycles. The van der Waals surface area contributed by atoms with Crippen molar-refractivity contribution >= 4 is 16.9 Å². The first-order valence-electron chi connectivity index (χ1n) is 6.44. The molecule has 7 nitrogen and oxygen atoms in total. The van der Waals surface area contributed by atoms with Crippen molar-refractivity contribution in [3.8, 4) is 0 Å². The molecule has 1 aromatic heterocycles. The van der Waals surface area contributed by atoms with Crippen LogP contribution >= 0.6 is 0 Å². The predicted molar refractivity (Wildman–Crippen MR) is 73.4 cm³/mol. The average molecular weight is 278 g/mol. The van der Waals surface area contributed by atoms with Gasteiger partial charge in [0.05, 0.1) is 18.2 Å². The van der Waals surface area contributed by atoms with Gasteiger partial charge in [0.2, 0.25) is 0 Å². The third-order valence-electron chi connectivity index (χ3n) is 2.93. The number of hydrogen-bond acceptors (Lipinski definition) is 5. The lowest BCUT2D eigenvalue weighted by molar-refractivity contribution is 0.0610. The maximum atomic E-state index is 12.0. The fourth-order valence-electron chi connectivity index (χ4n) is 1.91. The number of hydrogen-bond donors (Lipinski definition) is 2. The Hall–Kier alpha value is -1.99. The van der Waals surface area contributed by atoms with E-state index in [1.807, 2.05) is 13.0 Å². The molecule has 0 aliphatic heterocycles. The Bertz CT molecular complexity index is 596. The number of methoxy groups -OCH3 is 1. The molecule has 1 aromatic carbocycles. The molecule has 1 heterocycles. The minimum Gasteiger partial charge on any atom is -0.389 e. The van der Waals surface area contributed by atoms with Crippen molar-refractivity contribution in [1.29, 1.82) is 0 Å². The van der Waals surface area contributed by atoms with Gasteiger partial charge in [-0.2, -0.15) is 0 Å². The number of nitrogens with one attached hydrogen (secondary N) is 1. The summed E-state index contributed by atoms with van der Waals surface area (Å²) in [4.78, 5) is 12.0. The highest BCUT2D eigenvalue weighted by Crippen LogP contribution is 2.13. The van der Waals surface area contributed by atoms with E-state index in [4.69, 9.17) is 4.74 Å². The van der Waals surface area contributed by atoms with Crippen LogP contribution in [0.15, 0.2) is 18.2 Å². The summed E-state index contributed by atoms with van der Waals surface area (Å²) in [5, 5.41) is 20.1. The Labute approximate surface area is 116 Å². The summed E-state index contributed by atoms with van der Waals surface area (Å²) in [7, 11) is 1.50. The van der Waals surface area contributed by atoms with Gasteiger partial charge in [0.1, 0.15) is 5.52 Å². The quantitative estimate of drug-likeness (QED) is 0.787. The minimum atomic E-state index is -0.714.